The summed E-state index contributed by atoms with van der Waals surface area (Å²) in [6.07, 6.45) is 1.72. The van der Waals surface area contributed by atoms with Crippen molar-refractivity contribution in [3.8, 4) is 5.75 Å². The summed E-state index contributed by atoms with van der Waals surface area (Å²) in [4.78, 5) is 26.4. The van der Waals surface area contributed by atoms with Crippen molar-refractivity contribution in [2.24, 2.45) is 0 Å². The zero-order valence-corrected chi connectivity index (χ0v) is 14.6. The Morgan fingerprint density at radius 1 is 1.13 bits per heavy atom. The van der Waals surface area contributed by atoms with Crippen LogP contribution in [0.25, 0.3) is 6.08 Å². The standard InChI is InChI=1S/C17H12BrNO3S/c1-22-14-7-3-6-13(10-14)19-16(20)15(23-17(19)21)9-11-4-2-5-12(18)8-11/h2-10H,1H3/b15-9-. The van der Waals surface area contributed by atoms with Gasteiger partial charge in [0.15, 0.2) is 0 Å². The van der Waals surface area contributed by atoms with Crippen LogP contribution in [0.5, 0.6) is 5.75 Å². The number of hydrogen-bond donors (Lipinski definition) is 0. The normalized spacial score (nSPS) is 16.3. The Labute approximate surface area is 146 Å². The van der Waals surface area contributed by atoms with Crippen LogP contribution in [0.4, 0.5) is 10.5 Å². The fourth-order valence-electron chi connectivity index (χ4n) is 2.19. The van der Waals surface area contributed by atoms with Crippen LogP contribution in [0.3, 0.4) is 0 Å². The smallest absolute Gasteiger partial charge is 0.298 e. The molecule has 6 heteroatoms. The number of ether oxygens (including phenoxy) is 1. The molecule has 0 atom stereocenters. The van der Waals surface area contributed by atoms with Crippen molar-refractivity contribution in [1.29, 1.82) is 0 Å². The number of anilines is 1. The van der Waals surface area contributed by atoms with E-state index in [9.17, 15) is 9.59 Å². The van der Waals surface area contributed by atoms with Crippen LogP contribution in [-0.2, 0) is 4.79 Å². The average molecular weight is 390 g/mol. The Bertz CT molecular complexity index is 819. The van der Waals surface area contributed by atoms with Gasteiger partial charge in [0.1, 0.15) is 5.75 Å². The summed E-state index contributed by atoms with van der Waals surface area (Å²) in [7, 11) is 1.54. The second-order valence-electron chi connectivity index (χ2n) is 4.77. The predicted molar refractivity (Wildman–Crippen MR) is 95.6 cm³/mol. The molecule has 23 heavy (non-hydrogen) atoms. The van der Waals surface area contributed by atoms with Crippen LogP contribution in [0.2, 0.25) is 0 Å². The highest BCUT2D eigenvalue weighted by Gasteiger charge is 2.36. The second-order valence-corrected chi connectivity index (χ2v) is 6.68. The quantitative estimate of drug-likeness (QED) is 0.713. The Hall–Kier alpha value is -2.05. The molecule has 2 aromatic rings. The van der Waals surface area contributed by atoms with Crippen LogP contribution in [0, 0.1) is 0 Å². The number of rotatable bonds is 3. The first-order valence-corrected chi connectivity index (χ1v) is 8.37. The first kappa shape index (κ1) is 15.8. The van der Waals surface area contributed by atoms with Crippen molar-refractivity contribution >= 4 is 50.6 Å². The van der Waals surface area contributed by atoms with Crippen molar-refractivity contribution in [3.05, 3.63) is 63.5 Å². The molecule has 1 aliphatic heterocycles. The fraction of sp³-hybridized carbons (Fsp3) is 0.0588. The van der Waals surface area contributed by atoms with Crippen LogP contribution >= 0.6 is 27.7 Å². The summed E-state index contributed by atoms with van der Waals surface area (Å²) in [5, 5.41) is -0.315. The van der Waals surface area contributed by atoms with Crippen molar-refractivity contribution < 1.29 is 14.3 Å². The Morgan fingerprint density at radius 2 is 1.91 bits per heavy atom. The van der Waals surface area contributed by atoms with Crippen LogP contribution in [0.1, 0.15) is 5.56 Å². The highest BCUT2D eigenvalue weighted by Crippen LogP contribution is 2.36. The summed E-state index contributed by atoms with van der Waals surface area (Å²) < 4.78 is 6.06. The third kappa shape index (κ3) is 3.33. The number of carbonyl (C=O) groups excluding carboxylic acids is 2. The summed E-state index contributed by atoms with van der Waals surface area (Å²) in [6, 6.07) is 14.4. The van der Waals surface area contributed by atoms with Gasteiger partial charge in [-0.25, -0.2) is 4.90 Å². The summed E-state index contributed by atoms with van der Waals surface area (Å²) in [5.74, 6) is 0.269. The molecule has 0 N–H and O–H groups in total. The van der Waals surface area contributed by atoms with Gasteiger partial charge in [0.05, 0.1) is 17.7 Å². The van der Waals surface area contributed by atoms with E-state index in [-0.39, 0.29) is 11.1 Å². The number of halogens is 1. The molecule has 0 saturated carbocycles. The van der Waals surface area contributed by atoms with Gasteiger partial charge < -0.3 is 4.74 Å². The lowest BCUT2D eigenvalue weighted by atomic mass is 10.2. The molecule has 1 saturated heterocycles. The molecule has 2 aromatic carbocycles. The number of thioether (sulfide) groups is 1. The largest absolute Gasteiger partial charge is 0.497 e. The molecule has 0 unspecified atom stereocenters. The van der Waals surface area contributed by atoms with Gasteiger partial charge in [0.25, 0.3) is 11.1 Å². The topological polar surface area (TPSA) is 46.6 Å². The van der Waals surface area contributed by atoms with Gasteiger partial charge in [0, 0.05) is 10.5 Å². The first-order chi connectivity index (χ1) is 11.1. The molecule has 0 spiro atoms. The summed E-state index contributed by atoms with van der Waals surface area (Å²) >= 11 is 4.32. The van der Waals surface area contributed by atoms with Crippen LogP contribution in [0.15, 0.2) is 57.9 Å². The van der Waals surface area contributed by atoms with Gasteiger partial charge in [-0.15, -0.1) is 0 Å². The van der Waals surface area contributed by atoms with E-state index in [4.69, 9.17) is 4.74 Å². The number of amides is 2. The third-order valence-electron chi connectivity index (χ3n) is 3.25. The minimum Gasteiger partial charge on any atom is -0.497 e. The van der Waals surface area contributed by atoms with E-state index in [1.54, 1.807) is 37.5 Å². The molecule has 4 nitrogen and oxygen atoms in total. The maximum absolute atomic E-state index is 12.6. The van der Waals surface area contributed by atoms with Gasteiger partial charge in [-0.1, -0.05) is 34.1 Å². The molecule has 0 aliphatic carbocycles. The van der Waals surface area contributed by atoms with Gasteiger partial charge in [-0.2, -0.15) is 0 Å². The molecular formula is C17H12BrNO3S. The predicted octanol–water partition coefficient (Wildman–Crippen LogP) is 4.70. The molecular weight excluding hydrogens is 378 g/mol. The SMILES string of the molecule is COc1cccc(N2C(=O)S/C(=C\c3cccc(Br)c3)C2=O)c1. The molecule has 1 aliphatic rings. The zero-order valence-electron chi connectivity index (χ0n) is 12.2. The van der Waals surface area contributed by atoms with Gasteiger partial charge in [0.2, 0.25) is 0 Å². The molecule has 116 valence electrons. The fourth-order valence-corrected chi connectivity index (χ4v) is 3.45. The second kappa shape index (κ2) is 6.60. The number of carbonyl (C=O) groups is 2. The molecule has 1 fully saturated rings. The highest BCUT2D eigenvalue weighted by atomic mass is 79.9. The number of imide groups is 1. The Morgan fingerprint density at radius 3 is 2.65 bits per heavy atom. The monoisotopic (exact) mass is 389 g/mol. The van der Waals surface area contributed by atoms with E-state index in [2.05, 4.69) is 15.9 Å². The number of nitrogens with zero attached hydrogens (tertiary/aromatic N) is 1. The number of hydrogen-bond acceptors (Lipinski definition) is 4. The molecule has 0 radical (unpaired) electrons. The van der Waals surface area contributed by atoms with Crippen molar-refractivity contribution in [2.75, 3.05) is 12.0 Å². The maximum Gasteiger partial charge on any atom is 0.298 e. The van der Waals surface area contributed by atoms with Gasteiger partial charge in [-0.3, -0.25) is 9.59 Å². The molecule has 0 bridgehead atoms. The number of methoxy groups -OCH3 is 1. The maximum atomic E-state index is 12.6. The Kier molecular flexibility index (Phi) is 4.54. The molecule has 0 aromatic heterocycles. The van der Waals surface area contributed by atoms with Crippen molar-refractivity contribution in [3.63, 3.8) is 0 Å². The highest BCUT2D eigenvalue weighted by molar-refractivity contribution is 9.10. The van der Waals surface area contributed by atoms with E-state index in [0.29, 0.717) is 16.3 Å². The molecule has 1 heterocycles. The van der Waals surface area contributed by atoms with E-state index < -0.39 is 0 Å². The lowest BCUT2D eigenvalue weighted by Gasteiger charge is -2.13. The molecule has 3 rings (SSSR count). The first-order valence-electron chi connectivity index (χ1n) is 6.76. The van der Waals surface area contributed by atoms with Crippen molar-refractivity contribution in [1.82, 2.24) is 0 Å². The average Bonchev–Trinajstić information content (AvgIpc) is 2.81. The minimum absolute atomic E-state index is 0.315. The lowest BCUT2D eigenvalue weighted by Crippen LogP contribution is -2.27. The van der Waals surface area contributed by atoms with Crippen LogP contribution < -0.4 is 9.64 Å². The van der Waals surface area contributed by atoms with E-state index in [1.165, 1.54) is 0 Å². The minimum atomic E-state index is -0.326. The summed E-state index contributed by atoms with van der Waals surface area (Å²) in [6.45, 7) is 0. The zero-order chi connectivity index (χ0) is 16.4. The van der Waals surface area contributed by atoms with Crippen molar-refractivity contribution in [2.45, 2.75) is 0 Å². The van der Waals surface area contributed by atoms with Gasteiger partial charge in [-0.05, 0) is 47.7 Å². The van der Waals surface area contributed by atoms with Gasteiger partial charge >= 0.3 is 0 Å². The molecule has 2 amide bonds. The number of benzene rings is 2. The van der Waals surface area contributed by atoms with E-state index >= 15 is 0 Å². The third-order valence-corrected chi connectivity index (χ3v) is 4.61. The van der Waals surface area contributed by atoms with Crippen LogP contribution in [-0.4, -0.2) is 18.3 Å². The van der Waals surface area contributed by atoms with E-state index in [1.807, 2.05) is 24.3 Å². The van der Waals surface area contributed by atoms with E-state index in [0.717, 1.165) is 26.7 Å². The Balaban J connectivity index is 1.93. The summed E-state index contributed by atoms with van der Waals surface area (Å²) in [5.41, 5.74) is 1.36. The lowest BCUT2D eigenvalue weighted by molar-refractivity contribution is -0.113.